The third kappa shape index (κ3) is 5.71. The van der Waals surface area contributed by atoms with Gasteiger partial charge in [0.05, 0.1) is 12.7 Å². The van der Waals surface area contributed by atoms with Gasteiger partial charge in [-0.05, 0) is 105 Å². The van der Waals surface area contributed by atoms with Crippen molar-refractivity contribution in [1.29, 1.82) is 0 Å². The van der Waals surface area contributed by atoms with Crippen LogP contribution in [0, 0.1) is 0 Å². The van der Waals surface area contributed by atoms with E-state index in [9.17, 15) is 4.79 Å². The normalized spacial score (nSPS) is 16.0. The second-order valence-electron chi connectivity index (χ2n) is 11.8. The maximum atomic E-state index is 13.3. The van der Waals surface area contributed by atoms with Crippen molar-refractivity contribution in [3.63, 3.8) is 0 Å². The third-order valence-electron chi connectivity index (χ3n) is 9.25. The molecule has 0 N–H and O–H groups in total. The first kappa shape index (κ1) is 28.1. The molecule has 0 unspecified atom stereocenters. The fourth-order valence-corrected chi connectivity index (χ4v) is 7.81. The Labute approximate surface area is 249 Å². The number of rotatable bonds is 3. The number of benzene rings is 5. The van der Waals surface area contributed by atoms with Crippen LogP contribution in [-0.4, -0.2) is 19.3 Å². The lowest BCUT2D eigenvalue weighted by atomic mass is 9.84. The molecule has 5 aromatic carbocycles. The van der Waals surface area contributed by atoms with Gasteiger partial charge in [-0.1, -0.05) is 100 Å². The van der Waals surface area contributed by atoms with E-state index in [2.05, 4.69) is 66.9 Å². The topological polar surface area (TPSA) is 26.3 Å². The predicted octanol–water partition coefficient (Wildman–Crippen LogP) is 11.1. The van der Waals surface area contributed by atoms with Crippen molar-refractivity contribution in [2.24, 2.45) is 0 Å². The van der Waals surface area contributed by atoms with Crippen LogP contribution in [0.5, 0.6) is 0 Å². The van der Waals surface area contributed by atoms with E-state index in [4.69, 9.17) is 4.74 Å². The lowest BCUT2D eigenvalue weighted by molar-refractivity contribution is 0.0595. The summed E-state index contributed by atoms with van der Waals surface area (Å²) in [7, 11) is 1.53. The quantitative estimate of drug-likeness (QED) is 0.124. The van der Waals surface area contributed by atoms with Gasteiger partial charge in [-0.3, -0.25) is 0 Å². The molecule has 2 nitrogen and oxygen atoms in total. The molecule has 0 amide bonds. The van der Waals surface area contributed by atoms with E-state index in [1.807, 2.05) is 0 Å². The van der Waals surface area contributed by atoms with Crippen molar-refractivity contribution in [2.75, 3.05) is 13.4 Å². The summed E-state index contributed by atoms with van der Waals surface area (Å²) in [6.45, 7) is 0. The molecule has 0 saturated heterocycles. The summed E-state index contributed by atoms with van der Waals surface area (Å²) in [6, 6.07) is 22.8. The zero-order valence-electron chi connectivity index (χ0n) is 24.7. The molecule has 212 valence electrons. The number of methoxy groups -OCH3 is 1. The number of ether oxygens (including phenoxy) is 1. The smallest absolute Gasteiger partial charge is 0.339 e. The van der Waals surface area contributed by atoms with Crippen molar-refractivity contribution in [3.8, 4) is 11.1 Å². The van der Waals surface area contributed by atoms with Crippen LogP contribution in [-0.2, 0) is 17.6 Å². The second kappa shape index (κ2) is 12.9. The Balaban J connectivity index is 1.53. The molecule has 0 bridgehead atoms. The fourth-order valence-electron chi connectivity index (χ4n) is 7.16. The Hall–Kier alpha value is -3.04. The van der Waals surface area contributed by atoms with E-state index >= 15 is 0 Å². The van der Waals surface area contributed by atoms with Crippen LogP contribution in [0.4, 0.5) is 0 Å². The van der Waals surface area contributed by atoms with Crippen molar-refractivity contribution < 1.29 is 9.53 Å². The van der Waals surface area contributed by atoms with Gasteiger partial charge in [0.15, 0.2) is 0 Å². The summed E-state index contributed by atoms with van der Waals surface area (Å²) in [5.74, 6) is -0.189. The van der Waals surface area contributed by atoms with Crippen LogP contribution >= 0.6 is 11.8 Å². The van der Waals surface area contributed by atoms with Crippen molar-refractivity contribution >= 4 is 50.0 Å². The highest BCUT2D eigenvalue weighted by Crippen LogP contribution is 2.41. The molecule has 3 heteroatoms. The minimum Gasteiger partial charge on any atom is -0.465 e. The number of esters is 1. The molecule has 0 saturated carbocycles. The van der Waals surface area contributed by atoms with Gasteiger partial charge in [0.2, 0.25) is 0 Å². The maximum Gasteiger partial charge on any atom is 0.339 e. The predicted molar refractivity (Wildman–Crippen MR) is 177 cm³/mol. The van der Waals surface area contributed by atoms with E-state index in [0.717, 1.165) is 36.1 Å². The Morgan fingerprint density at radius 2 is 1.12 bits per heavy atom. The molecular formula is C38H42O2S. The lowest BCUT2D eigenvalue weighted by Gasteiger charge is -2.22. The first-order valence-corrected chi connectivity index (χ1v) is 16.9. The molecule has 0 spiro atoms. The number of thioether (sulfide) groups is 1. The zero-order valence-corrected chi connectivity index (χ0v) is 25.5. The Bertz CT molecular complexity index is 1600. The molecular weight excluding hydrogens is 520 g/mol. The Morgan fingerprint density at radius 1 is 0.634 bits per heavy atom. The highest BCUT2D eigenvalue weighted by Gasteiger charge is 2.24. The van der Waals surface area contributed by atoms with Crippen LogP contribution < -0.4 is 0 Å². The molecule has 0 fully saturated rings. The van der Waals surface area contributed by atoms with E-state index in [1.165, 1.54) is 119 Å². The number of hydrogen-bond donors (Lipinski definition) is 0. The molecule has 0 aromatic heterocycles. The summed E-state index contributed by atoms with van der Waals surface area (Å²) in [6.07, 6.45) is 18.2. The largest absolute Gasteiger partial charge is 0.465 e. The third-order valence-corrected chi connectivity index (χ3v) is 10.0. The van der Waals surface area contributed by atoms with Crippen LogP contribution in [0.2, 0.25) is 0 Å². The number of fused-ring (bicyclic) bond motifs is 1. The average molecular weight is 563 g/mol. The minimum atomic E-state index is -0.189. The SMILES string of the molecule is COC(=O)c1c(SC)cc(-c2cc3ccc4cccc5ccc(c2)c3c45)c2c1CCCCCCCCCCCCC2. The van der Waals surface area contributed by atoms with E-state index < -0.39 is 0 Å². The molecule has 1 aliphatic rings. The van der Waals surface area contributed by atoms with E-state index in [-0.39, 0.29) is 5.97 Å². The van der Waals surface area contributed by atoms with Gasteiger partial charge >= 0.3 is 5.97 Å². The summed E-state index contributed by atoms with van der Waals surface area (Å²) in [4.78, 5) is 14.3. The van der Waals surface area contributed by atoms with Crippen molar-refractivity contribution in [2.45, 2.75) is 88.4 Å². The van der Waals surface area contributed by atoms with Crippen molar-refractivity contribution in [3.05, 3.63) is 77.4 Å². The summed E-state index contributed by atoms with van der Waals surface area (Å²) in [5.41, 5.74) is 5.97. The van der Waals surface area contributed by atoms with Crippen LogP contribution in [0.25, 0.3) is 43.4 Å². The Morgan fingerprint density at radius 3 is 1.66 bits per heavy atom. The van der Waals surface area contributed by atoms with Gasteiger partial charge < -0.3 is 4.74 Å². The average Bonchev–Trinajstić information content (AvgIpc) is 3.02. The molecule has 0 atom stereocenters. The zero-order chi connectivity index (χ0) is 28.2. The molecule has 0 aliphatic heterocycles. The molecule has 0 heterocycles. The van der Waals surface area contributed by atoms with Crippen molar-refractivity contribution in [1.82, 2.24) is 0 Å². The van der Waals surface area contributed by atoms with Crippen LogP contribution in [0.3, 0.4) is 0 Å². The molecule has 1 aliphatic carbocycles. The lowest BCUT2D eigenvalue weighted by Crippen LogP contribution is -2.12. The van der Waals surface area contributed by atoms with Gasteiger partial charge in [0, 0.05) is 4.90 Å². The van der Waals surface area contributed by atoms with Gasteiger partial charge in [-0.2, -0.15) is 0 Å². The van der Waals surface area contributed by atoms with Gasteiger partial charge in [-0.25, -0.2) is 4.79 Å². The van der Waals surface area contributed by atoms with Gasteiger partial charge in [0.1, 0.15) is 0 Å². The monoisotopic (exact) mass is 562 g/mol. The number of carbonyl (C=O) groups excluding carboxylic acids is 1. The van der Waals surface area contributed by atoms with Crippen LogP contribution in [0.1, 0.15) is 92.1 Å². The molecule has 41 heavy (non-hydrogen) atoms. The molecule has 6 rings (SSSR count). The van der Waals surface area contributed by atoms with E-state index in [1.54, 1.807) is 11.8 Å². The number of carbonyl (C=O) groups is 1. The van der Waals surface area contributed by atoms with E-state index in [0.29, 0.717) is 0 Å². The number of hydrogen-bond acceptors (Lipinski definition) is 3. The highest BCUT2D eigenvalue weighted by molar-refractivity contribution is 7.98. The van der Waals surface area contributed by atoms with Crippen LogP contribution in [0.15, 0.2) is 65.6 Å². The fraction of sp³-hybridized carbons (Fsp3) is 0.395. The standard InChI is InChI=1S/C38H42O2S/c1-40-38(39)37-32-18-13-11-9-7-5-3-4-6-8-10-12-17-31(32)33(25-34(37)41-2)30-23-28-21-19-26-15-14-16-27-20-22-29(24-30)36(28)35(26)27/h14-16,19-25H,3-13,17-18H2,1-2H3. The summed E-state index contributed by atoms with van der Waals surface area (Å²) in [5, 5.41) is 7.89. The molecule has 5 aromatic rings. The summed E-state index contributed by atoms with van der Waals surface area (Å²) < 4.78 is 5.40. The molecule has 0 radical (unpaired) electrons. The highest BCUT2D eigenvalue weighted by atomic mass is 32.2. The first-order valence-electron chi connectivity index (χ1n) is 15.7. The van der Waals surface area contributed by atoms with Gasteiger partial charge in [0.25, 0.3) is 0 Å². The minimum absolute atomic E-state index is 0.189. The maximum absolute atomic E-state index is 13.3. The summed E-state index contributed by atoms with van der Waals surface area (Å²) >= 11 is 1.67. The second-order valence-corrected chi connectivity index (χ2v) is 12.7. The first-order chi connectivity index (χ1) is 20.2. The Kier molecular flexibility index (Phi) is 8.81. The van der Waals surface area contributed by atoms with Gasteiger partial charge in [-0.15, -0.1) is 11.8 Å².